The van der Waals surface area contributed by atoms with E-state index in [0.29, 0.717) is 12.4 Å². The van der Waals surface area contributed by atoms with Crippen LogP contribution >= 0.6 is 0 Å². The molecule has 0 unspecified atom stereocenters. The minimum Gasteiger partial charge on any atom is -0.437 e. The monoisotopic (exact) mass is 390 g/mol. The maximum atomic E-state index is 12.0. The van der Waals surface area contributed by atoms with Crippen LogP contribution in [0.5, 0.6) is 0 Å². The lowest BCUT2D eigenvalue weighted by molar-refractivity contribution is -0.116. The summed E-state index contributed by atoms with van der Waals surface area (Å²) in [5.41, 5.74) is 2.87. The van der Waals surface area contributed by atoms with Crippen LogP contribution in [0.25, 0.3) is 17.2 Å². The van der Waals surface area contributed by atoms with Crippen molar-refractivity contribution < 1.29 is 9.21 Å². The molecule has 150 valence electrons. The molecule has 1 saturated heterocycles. The van der Waals surface area contributed by atoms with Crippen molar-refractivity contribution in [1.82, 2.24) is 20.1 Å². The molecular formula is C23H26N4O2. The first-order chi connectivity index (χ1) is 14.3. The fourth-order valence-corrected chi connectivity index (χ4v) is 3.52. The number of nitrogens with one attached hydrogen (secondary N) is 1. The first-order valence-electron chi connectivity index (χ1n) is 10.1. The number of fused-ring (bicyclic) bond motifs is 1. The van der Waals surface area contributed by atoms with Crippen LogP contribution in [0.15, 0.2) is 65.1 Å². The summed E-state index contributed by atoms with van der Waals surface area (Å²) in [6.45, 7) is 6.67. The van der Waals surface area contributed by atoms with Crippen molar-refractivity contribution in [3.8, 4) is 0 Å². The van der Waals surface area contributed by atoms with E-state index < -0.39 is 0 Å². The van der Waals surface area contributed by atoms with Crippen LogP contribution in [0.4, 0.5) is 0 Å². The lowest BCUT2D eigenvalue weighted by Crippen LogP contribution is -2.47. The SMILES string of the molecule is O=C(/C=C/c1nc2ccccc2o1)NCCN1CCN(Cc2ccccc2)CC1. The number of aromatic nitrogens is 1. The Morgan fingerprint density at radius 1 is 1.00 bits per heavy atom. The van der Waals surface area contributed by atoms with E-state index in [9.17, 15) is 4.79 Å². The number of nitrogens with zero attached hydrogens (tertiary/aromatic N) is 3. The summed E-state index contributed by atoms with van der Waals surface area (Å²) in [6.07, 6.45) is 3.08. The van der Waals surface area contributed by atoms with Crippen molar-refractivity contribution in [2.45, 2.75) is 6.54 Å². The lowest BCUT2D eigenvalue weighted by Gasteiger charge is -2.34. The predicted molar refractivity (Wildman–Crippen MR) is 114 cm³/mol. The standard InChI is InChI=1S/C23H26N4O2/c28-22(10-11-23-25-20-8-4-5-9-21(20)29-23)24-12-13-26-14-16-27(17-15-26)18-19-6-2-1-3-7-19/h1-11H,12-18H2,(H,24,28)/b11-10+. The maximum Gasteiger partial charge on any atom is 0.244 e. The molecule has 2 heterocycles. The third kappa shape index (κ3) is 5.53. The molecule has 0 spiro atoms. The molecule has 1 aliphatic rings. The van der Waals surface area contributed by atoms with E-state index in [2.05, 4.69) is 50.4 Å². The molecule has 1 N–H and O–H groups in total. The number of oxazole rings is 1. The maximum absolute atomic E-state index is 12.0. The van der Waals surface area contributed by atoms with E-state index in [1.807, 2.05) is 24.3 Å². The van der Waals surface area contributed by atoms with Crippen molar-refractivity contribution in [2.75, 3.05) is 39.3 Å². The first kappa shape index (κ1) is 19.4. The highest BCUT2D eigenvalue weighted by Gasteiger charge is 2.16. The zero-order chi connectivity index (χ0) is 19.9. The second-order valence-electron chi connectivity index (χ2n) is 7.25. The second-order valence-corrected chi connectivity index (χ2v) is 7.25. The fraction of sp³-hybridized carbons (Fsp3) is 0.304. The summed E-state index contributed by atoms with van der Waals surface area (Å²) in [5, 5.41) is 2.93. The average Bonchev–Trinajstić information content (AvgIpc) is 3.17. The molecule has 0 aliphatic carbocycles. The summed E-state index contributed by atoms with van der Waals surface area (Å²) >= 11 is 0. The van der Waals surface area contributed by atoms with Crippen LogP contribution in [-0.2, 0) is 11.3 Å². The summed E-state index contributed by atoms with van der Waals surface area (Å²) in [7, 11) is 0. The van der Waals surface area contributed by atoms with Gasteiger partial charge in [0.1, 0.15) is 5.52 Å². The topological polar surface area (TPSA) is 61.6 Å². The van der Waals surface area contributed by atoms with Gasteiger partial charge in [0.15, 0.2) is 5.58 Å². The molecule has 4 rings (SSSR count). The fourth-order valence-electron chi connectivity index (χ4n) is 3.52. The van der Waals surface area contributed by atoms with E-state index >= 15 is 0 Å². The summed E-state index contributed by atoms with van der Waals surface area (Å²) in [5.74, 6) is 0.311. The van der Waals surface area contributed by atoms with Crippen LogP contribution < -0.4 is 5.32 Å². The Bertz CT molecular complexity index is 926. The Hall–Kier alpha value is -2.96. The van der Waals surface area contributed by atoms with Gasteiger partial charge in [-0.25, -0.2) is 4.98 Å². The third-order valence-corrected chi connectivity index (χ3v) is 5.13. The smallest absolute Gasteiger partial charge is 0.244 e. The number of amides is 1. The molecule has 1 amide bonds. The Morgan fingerprint density at radius 2 is 1.72 bits per heavy atom. The van der Waals surface area contributed by atoms with E-state index in [1.54, 1.807) is 6.08 Å². The largest absolute Gasteiger partial charge is 0.437 e. The van der Waals surface area contributed by atoms with E-state index in [-0.39, 0.29) is 5.91 Å². The molecule has 0 radical (unpaired) electrons. The van der Waals surface area contributed by atoms with Gasteiger partial charge in [0, 0.05) is 58.0 Å². The van der Waals surface area contributed by atoms with Crippen LogP contribution in [0, 0.1) is 0 Å². The highest BCUT2D eigenvalue weighted by molar-refractivity contribution is 5.91. The highest BCUT2D eigenvalue weighted by atomic mass is 16.3. The minimum absolute atomic E-state index is 0.130. The number of para-hydroxylation sites is 2. The summed E-state index contributed by atoms with van der Waals surface area (Å²) in [4.78, 5) is 21.2. The molecule has 6 heteroatoms. The zero-order valence-corrected chi connectivity index (χ0v) is 16.5. The van der Waals surface area contributed by atoms with Gasteiger partial charge in [-0.15, -0.1) is 0 Å². The molecule has 1 aromatic heterocycles. The molecule has 2 aromatic carbocycles. The second kappa shape index (κ2) is 9.49. The van der Waals surface area contributed by atoms with Crippen LogP contribution in [0.3, 0.4) is 0 Å². The number of hydrogen-bond acceptors (Lipinski definition) is 5. The van der Waals surface area contributed by atoms with Crippen LogP contribution in [0.1, 0.15) is 11.5 Å². The number of rotatable bonds is 7. The van der Waals surface area contributed by atoms with Crippen molar-refractivity contribution in [3.05, 3.63) is 72.1 Å². The van der Waals surface area contributed by atoms with Gasteiger partial charge >= 0.3 is 0 Å². The van der Waals surface area contributed by atoms with Gasteiger partial charge in [-0.2, -0.15) is 0 Å². The van der Waals surface area contributed by atoms with Crippen molar-refractivity contribution in [3.63, 3.8) is 0 Å². The average molecular weight is 390 g/mol. The van der Waals surface area contributed by atoms with Gasteiger partial charge in [-0.05, 0) is 17.7 Å². The Kier molecular flexibility index (Phi) is 6.34. The minimum atomic E-state index is -0.130. The predicted octanol–water partition coefficient (Wildman–Crippen LogP) is 2.78. The van der Waals surface area contributed by atoms with E-state index in [0.717, 1.165) is 50.4 Å². The van der Waals surface area contributed by atoms with Crippen molar-refractivity contribution >= 4 is 23.1 Å². The molecule has 3 aromatic rings. The van der Waals surface area contributed by atoms with E-state index in [1.165, 1.54) is 11.6 Å². The van der Waals surface area contributed by atoms with Gasteiger partial charge in [0.2, 0.25) is 11.8 Å². The van der Waals surface area contributed by atoms with Crippen molar-refractivity contribution in [2.24, 2.45) is 0 Å². The van der Waals surface area contributed by atoms with Crippen LogP contribution in [0.2, 0.25) is 0 Å². The van der Waals surface area contributed by atoms with Gasteiger partial charge in [0.25, 0.3) is 0 Å². The molecule has 1 aliphatic heterocycles. The highest BCUT2D eigenvalue weighted by Crippen LogP contribution is 2.15. The molecule has 6 nitrogen and oxygen atoms in total. The summed E-state index contributed by atoms with van der Waals surface area (Å²) < 4.78 is 5.58. The van der Waals surface area contributed by atoms with Crippen LogP contribution in [-0.4, -0.2) is 60.0 Å². The van der Waals surface area contributed by atoms with Gasteiger partial charge < -0.3 is 9.73 Å². The number of carbonyl (C=O) groups excluding carboxylic acids is 1. The van der Waals surface area contributed by atoms with E-state index in [4.69, 9.17) is 4.42 Å². The number of carbonyl (C=O) groups is 1. The van der Waals surface area contributed by atoms with Crippen molar-refractivity contribution in [1.29, 1.82) is 0 Å². The third-order valence-electron chi connectivity index (χ3n) is 5.13. The number of piperazine rings is 1. The van der Waals surface area contributed by atoms with Gasteiger partial charge in [-0.3, -0.25) is 14.6 Å². The number of benzene rings is 2. The van der Waals surface area contributed by atoms with Gasteiger partial charge in [-0.1, -0.05) is 42.5 Å². The first-order valence-corrected chi connectivity index (χ1v) is 10.1. The zero-order valence-electron chi connectivity index (χ0n) is 16.5. The molecule has 0 bridgehead atoms. The molecule has 1 fully saturated rings. The normalized spacial score (nSPS) is 15.9. The van der Waals surface area contributed by atoms with Gasteiger partial charge in [0.05, 0.1) is 0 Å². The molecule has 0 atom stereocenters. The molecule has 29 heavy (non-hydrogen) atoms. The quantitative estimate of drug-likeness (QED) is 0.629. The lowest BCUT2D eigenvalue weighted by atomic mass is 10.2. The molecular weight excluding hydrogens is 364 g/mol. The number of hydrogen-bond donors (Lipinski definition) is 1. The Balaban J connectivity index is 1.15. The Labute approximate surface area is 170 Å². The molecule has 0 saturated carbocycles. The Morgan fingerprint density at radius 3 is 2.52 bits per heavy atom. The summed E-state index contributed by atoms with van der Waals surface area (Å²) in [6, 6.07) is 18.1.